The van der Waals surface area contributed by atoms with Crippen molar-refractivity contribution in [1.82, 2.24) is 15.3 Å². The second kappa shape index (κ2) is 16.6. The van der Waals surface area contributed by atoms with Crippen molar-refractivity contribution in [3.63, 3.8) is 0 Å². The van der Waals surface area contributed by atoms with E-state index in [1.165, 1.54) is 4.90 Å². The lowest BCUT2D eigenvalue weighted by molar-refractivity contribution is -0.225. The Balaban J connectivity index is 1.39. The molecule has 7 atom stereocenters. The van der Waals surface area contributed by atoms with Crippen molar-refractivity contribution in [3.8, 4) is 0 Å². The van der Waals surface area contributed by atoms with Crippen LogP contribution in [0.1, 0.15) is 82.8 Å². The molecule has 2 amide bonds. The summed E-state index contributed by atoms with van der Waals surface area (Å²) in [6, 6.07) is 15.5. The molecule has 2 aromatic carbocycles. The molecule has 278 valence electrons. The maximum Gasteiger partial charge on any atom is 0.327 e. The van der Waals surface area contributed by atoms with Crippen LogP contribution in [0.4, 0.5) is 0 Å². The molecule has 11 nitrogen and oxygen atoms in total. The summed E-state index contributed by atoms with van der Waals surface area (Å²) in [5.41, 5.74) is 0.385. The van der Waals surface area contributed by atoms with Crippen LogP contribution in [0.5, 0.6) is 0 Å². The third-order valence-electron chi connectivity index (χ3n) is 11.0. The molecule has 51 heavy (non-hydrogen) atoms. The van der Waals surface area contributed by atoms with Gasteiger partial charge < -0.3 is 29.5 Å². The Morgan fingerprint density at radius 2 is 1.65 bits per heavy atom. The van der Waals surface area contributed by atoms with E-state index in [4.69, 9.17) is 19.0 Å². The highest BCUT2D eigenvalue weighted by molar-refractivity contribution is 14.1. The van der Waals surface area contributed by atoms with Crippen molar-refractivity contribution in [1.29, 1.82) is 0 Å². The summed E-state index contributed by atoms with van der Waals surface area (Å²) in [5.74, 6) is -2.18. The number of fused-ring (bicyclic) bond motifs is 4. The number of rotatable bonds is 17. The van der Waals surface area contributed by atoms with E-state index in [1.54, 1.807) is 12.1 Å². The lowest BCUT2D eigenvalue weighted by Crippen LogP contribution is -2.70. The van der Waals surface area contributed by atoms with Gasteiger partial charge in [-0.15, -0.1) is 0 Å². The number of halogens is 1. The van der Waals surface area contributed by atoms with Crippen molar-refractivity contribution in [3.05, 3.63) is 69.3 Å². The first kappa shape index (κ1) is 38.1. The van der Waals surface area contributed by atoms with Crippen LogP contribution in [0.2, 0.25) is 0 Å². The fourth-order valence-corrected chi connectivity index (χ4v) is 8.82. The number of carbonyl (C=O) groups is 3. The third kappa shape index (κ3) is 7.73. The molecular weight excluding hydrogens is 765 g/mol. The van der Waals surface area contributed by atoms with E-state index in [0.29, 0.717) is 12.8 Å². The number of unbranched alkanes of at least 4 members (excludes halogenated alkanes) is 4. The number of carbonyl (C=O) groups excluding carboxylic acids is 3. The summed E-state index contributed by atoms with van der Waals surface area (Å²) < 4.78 is 21.2. The van der Waals surface area contributed by atoms with Crippen molar-refractivity contribution in [2.75, 3.05) is 20.2 Å². The smallest absolute Gasteiger partial charge is 0.327 e. The largest absolute Gasteiger partial charge is 0.458 e. The predicted molar refractivity (Wildman–Crippen MR) is 198 cm³/mol. The molecule has 1 aliphatic carbocycles. The van der Waals surface area contributed by atoms with Gasteiger partial charge in [0.1, 0.15) is 35.9 Å². The van der Waals surface area contributed by atoms with Crippen LogP contribution in [0, 0.1) is 8.99 Å². The number of amides is 2. The number of esters is 1. The minimum Gasteiger partial charge on any atom is -0.458 e. The molecule has 4 aliphatic rings. The number of aliphatic hydroxyl groups is 1. The number of hydroxylamine groups is 2. The van der Waals surface area contributed by atoms with Crippen LogP contribution in [0.25, 0.3) is 0 Å². The van der Waals surface area contributed by atoms with Gasteiger partial charge in [0, 0.05) is 42.8 Å². The van der Waals surface area contributed by atoms with E-state index in [0.717, 1.165) is 53.2 Å². The SMILES string of the molecule is CCCCCC1(CCCCC)OC2C3CC4(C(=O)N(C)C(Cc5ccccc5)C(=O)NCCO)C(ON(Cc5ccc(I)cc5)C4C(=O)O3)C2O1. The van der Waals surface area contributed by atoms with Gasteiger partial charge >= 0.3 is 5.97 Å². The number of hydrogen-bond donors (Lipinski definition) is 2. The maximum absolute atomic E-state index is 15.3. The standard InChI is InChI=1S/C39H52IN3O8/c1-4-6-11-19-38(20-12-7-5-2)49-31-30-24-39(37(47)42(3)29(35(45)41-21-22-44)23-26-13-9-8-10-14-26)33(36(46)48-30)43(51-34(39)32(31)50-38)25-27-15-17-28(40)18-16-27/h8-10,13-18,29-34,44H,4-7,11-12,19-25H2,1-3H3,(H,41,45). The van der Waals surface area contributed by atoms with Gasteiger partial charge in [0.15, 0.2) is 11.8 Å². The maximum atomic E-state index is 15.3. The van der Waals surface area contributed by atoms with Gasteiger partial charge in [0.25, 0.3) is 0 Å². The van der Waals surface area contributed by atoms with Crippen LogP contribution >= 0.6 is 22.6 Å². The van der Waals surface area contributed by atoms with E-state index >= 15 is 4.79 Å². The lowest BCUT2D eigenvalue weighted by atomic mass is 9.62. The molecule has 0 spiro atoms. The molecule has 7 unspecified atom stereocenters. The zero-order valence-corrected chi connectivity index (χ0v) is 32.1. The van der Waals surface area contributed by atoms with Gasteiger partial charge in [0.2, 0.25) is 11.8 Å². The zero-order chi connectivity index (χ0) is 36.2. The van der Waals surface area contributed by atoms with Crippen molar-refractivity contribution in [2.24, 2.45) is 5.41 Å². The predicted octanol–water partition coefficient (Wildman–Crippen LogP) is 4.91. The molecule has 4 fully saturated rings. The number of likely N-dealkylation sites (N-methyl/N-ethyl adjacent to an activating group) is 1. The fourth-order valence-electron chi connectivity index (χ4n) is 8.46. The zero-order valence-electron chi connectivity index (χ0n) is 29.9. The number of aliphatic hydroxyl groups excluding tert-OH is 1. The van der Waals surface area contributed by atoms with Crippen molar-refractivity contribution in [2.45, 2.75) is 127 Å². The Hall–Kier alpha value is -2.62. The minimum atomic E-state index is -1.41. The number of hydrogen-bond acceptors (Lipinski definition) is 9. The molecule has 2 bridgehead atoms. The third-order valence-corrected chi connectivity index (χ3v) is 11.7. The molecule has 2 aromatic rings. The topological polar surface area (TPSA) is 127 Å². The molecule has 3 saturated heterocycles. The molecule has 0 radical (unpaired) electrons. The first-order chi connectivity index (χ1) is 24.7. The quantitative estimate of drug-likeness (QED) is 0.130. The highest BCUT2D eigenvalue weighted by Gasteiger charge is 2.76. The minimum absolute atomic E-state index is 0.0525. The number of nitrogens with zero attached hydrogens (tertiary/aromatic N) is 2. The first-order valence-corrected chi connectivity index (χ1v) is 19.7. The van der Waals surface area contributed by atoms with Gasteiger partial charge in [0.05, 0.1) is 13.2 Å². The van der Waals surface area contributed by atoms with E-state index in [9.17, 15) is 14.7 Å². The summed E-state index contributed by atoms with van der Waals surface area (Å²) in [6.07, 6.45) is 5.03. The van der Waals surface area contributed by atoms with E-state index < -0.39 is 53.7 Å². The van der Waals surface area contributed by atoms with Gasteiger partial charge in [-0.1, -0.05) is 82.0 Å². The molecule has 12 heteroatoms. The lowest BCUT2D eigenvalue weighted by Gasteiger charge is -2.50. The molecule has 3 aliphatic heterocycles. The van der Waals surface area contributed by atoms with Crippen LogP contribution in [0.3, 0.4) is 0 Å². The average Bonchev–Trinajstić information content (AvgIpc) is 3.69. The summed E-state index contributed by atoms with van der Waals surface area (Å²) in [7, 11) is 1.62. The second-order valence-electron chi connectivity index (χ2n) is 14.5. The fraction of sp³-hybridized carbons (Fsp3) is 0.615. The Kier molecular flexibility index (Phi) is 12.4. The molecule has 2 N–H and O–H groups in total. The van der Waals surface area contributed by atoms with E-state index in [1.807, 2.05) is 54.6 Å². The monoisotopic (exact) mass is 817 g/mol. The van der Waals surface area contributed by atoms with E-state index in [-0.39, 0.29) is 44.4 Å². The summed E-state index contributed by atoms with van der Waals surface area (Å²) in [6.45, 7) is 4.40. The molecule has 6 rings (SSSR count). The number of benzene rings is 2. The second-order valence-corrected chi connectivity index (χ2v) is 15.7. The number of ether oxygens (including phenoxy) is 3. The molecule has 0 aromatic heterocycles. The normalized spacial score (nSPS) is 28.2. The van der Waals surface area contributed by atoms with Crippen molar-refractivity contribution < 1.29 is 38.5 Å². The molecule has 3 heterocycles. The van der Waals surface area contributed by atoms with Crippen LogP contribution in [-0.4, -0.2) is 95.3 Å². The Morgan fingerprint density at radius 1 is 0.980 bits per heavy atom. The molecular formula is C39H52IN3O8. The number of nitrogens with one attached hydrogen (secondary N) is 1. The van der Waals surface area contributed by atoms with Crippen LogP contribution in [0.15, 0.2) is 54.6 Å². The highest BCUT2D eigenvalue weighted by Crippen LogP contribution is 2.58. The summed E-state index contributed by atoms with van der Waals surface area (Å²) in [5, 5.41) is 13.9. The highest BCUT2D eigenvalue weighted by atomic mass is 127. The first-order valence-electron chi connectivity index (χ1n) is 18.6. The van der Waals surface area contributed by atoms with Gasteiger partial charge in [-0.3, -0.25) is 19.2 Å². The van der Waals surface area contributed by atoms with E-state index in [2.05, 4.69) is 41.8 Å². The Morgan fingerprint density at radius 3 is 2.29 bits per heavy atom. The van der Waals surface area contributed by atoms with Crippen LogP contribution < -0.4 is 5.32 Å². The van der Waals surface area contributed by atoms with Gasteiger partial charge in [-0.2, -0.15) is 5.06 Å². The Labute approximate surface area is 314 Å². The van der Waals surface area contributed by atoms with Crippen molar-refractivity contribution >= 4 is 40.4 Å². The summed E-state index contributed by atoms with van der Waals surface area (Å²) >= 11 is 2.25. The average molecular weight is 818 g/mol. The summed E-state index contributed by atoms with van der Waals surface area (Å²) in [4.78, 5) is 51.6. The van der Waals surface area contributed by atoms with Crippen LogP contribution in [-0.2, 0) is 46.4 Å². The Bertz CT molecular complexity index is 1500. The van der Waals surface area contributed by atoms with Gasteiger partial charge in [-0.05, 0) is 58.7 Å². The molecule has 1 saturated carbocycles. The van der Waals surface area contributed by atoms with Gasteiger partial charge in [-0.25, -0.2) is 0 Å².